The summed E-state index contributed by atoms with van der Waals surface area (Å²) in [6.45, 7) is 8.94. The van der Waals surface area contributed by atoms with Crippen molar-refractivity contribution in [1.29, 1.82) is 0 Å². The van der Waals surface area contributed by atoms with Gasteiger partial charge in [0.1, 0.15) is 0 Å². The van der Waals surface area contributed by atoms with E-state index in [1.807, 2.05) is 12.1 Å². The van der Waals surface area contributed by atoms with Gasteiger partial charge in [0.15, 0.2) is 0 Å². The van der Waals surface area contributed by atoms with Crippen LogP contribution in [0.25, 0.3) is 0 Å². The zero-order valence-electron chi connectivity index (χ0n) is 15.7. The topological polar surface area (TPSA) is 66.4 Å². The van der Waals surface area contributed by atoms with Crippen molar-refractivity contribution in [2.24, 2.45) is 0 Å². The third kappa shape index (κ3) is 3.24. The Kier molecular flexibility index (Phi) is 4.39. The van der Waals surface area contributed by atoms with E-state index in [9.17, 15) is 9.59 Å². The lowest BCUT2D eigenvalue weighted by Crippen LogP contribution is -2.35. The van der Waals surface area contributed by atoms with Crippen LogP contribution in [0.2, 0.25) is 0 Å². The van der Waals surface area contributed by atoms with Gasteiger partial charge in [-0.25, -0.2) is 4.79 Å². The van der Waals surface area contributed by atoms with E-state index in [-0.39, 0.29) is 22.3 Å². The summed E-state index contributed by atoms with van der Waals surface area (Å²) >= 11 is 0. The van der Waals surface area contributed by atoms with E-state index in [0.29, 0.717) is 5.56 Å². The van der Waals surface area contributed by atoms with Crippen molar-refractivity contribution < 1.29 is 14.7 Å². The van der Waals surface area contributed by atoms with Crippen molar-refractivity contribution >= 4 is 17.6 Å². The zero-order valence-corrected chi connectivity index (χ0v) is 15.7. The fourth-order valence-electron chi connectivity index (χ4n) is 3.79. The summed E-state index contributed by atoms with van der Waals surface area (Å²) in [5, 5.41) is 12.0. The molecule has 0 aromatic heterocycles. The summed E-state index contributed by atoms with van der Waals surface area (Å²) in [7, 11) is 0. The quantitative estimate of drug-likeness (QED) is 0.819. The van der Waals surface area contributed by atoms with Crippen molar-refractivity contribution in [1.82, 2.24) is 0 Å². The first-order valence-corrected chi connectivity index (χ1v) is 8.90. The maximum atomic E-state index is 12.7. The third-order valence-electron chi connectivity index (χ3n) is 5.49. The number of carbonyl (C=O) groups excluding carboxylic acids is 1. The summed E-state index contributed by atoms with van der Waals surface area (Å²) in [4.78, 5) is 23.7. The Morgan fingerprint density at radius 3 is 2.08 bits per heavy atom. The molecule has 0 radical (unpaired) electrons. The van der Waals surface area contributed by atoms with Gasteiger partial charge in [0.25, 0.3) is 5.91 Å². The third-order valence-corrected chi connectivity index (χ3v) is 5.49. The number of carbonyl (C=O) groups is 2. The van der Waals surface area contributed by atoms with Gasteiger partial charge in [0, 0.05) is 11.3 Å². The molecule has 0 heterocycles. The number of carboxylic acid groups (broad SMARTS) is 1. The maximum absolute atomic E-state index is 12.7. The van der Waals surface area contributed by atoms with E-state index in [1.54, 1.807) is 12.1 Å². The van der Waals surface area contributed by atoms with Crippen LogP contribution < -0.4 is 5.32 Å². The van der Waals surface area contributed by atoms with Crippen LogP contribution in [0, 0.1) is 0 Å². The van der Waals surface area contributed by atoms with Crippen LogP contribution in [0.1, 0.15) is 72.4 Å². The number of amides is 1. The van der Waals surface area contributed by atoms with Gasteiger partial charge in [-0.1, -0.05) is 39.8 Å². The first-order valence-electron chi connectivity index (χ1n) is 8.90. The van der Waals surface area contributed by atoms with Gasteiger partial charge in [-0.3, -0.25) is 4.79 Å². The summed E-state index contributed by atoms with van der Waals surface area (Å²) in [5.41, 5.74) is 4.01. The predicted octanol–water partition coefficient (Wildman–Crippen LogP) is 4.99. The van der Waals surface area contributed by atoms with Crippen LogP contribution in [0.3, 0.4) is 0 Å². The van der Waals surface area contributed by atoms with Crippen molar-refractivity contribution in [3.05, 3.63) is 64.7 Å². The molecular formula is C22H25NO3. The van der Waals surface area contributed by atoms with Gasteiger partial charge < -0.3 is 10.4 Å². The molecule has 1 aliphatic carbocycles. The van der Waals surface area contributed by atoms with Crippen LogP contribution in [-0.2, 0) is 10.8 Å². The maximum Gasteiger partial charge on any atom is 0.335 e. The number of fused-ring (bicyclic) bond motifs is 1. The fraction of sp³-hybridized carbons (Fsp3) is 0.364. The minimum atomic E-state index is -1.00. The van der Waals surface area contributed by atoms with E-state index < -0.39 is 5.97 Å². The highest BCUT2D eigenvalue weighted by Crippen LogP contribution is 2.48. The summed E-state index contributed by atoms with van der Waals surface area (Å²) < 4.78 is 0. The second-order valence-corrected chi connectivity index (χ2v) is 8.33. The molecule has 0 atom stereocenters. The fourth-order valence-corrected chi connectivity index (χ4v) is 3.79. The molecule has 2 aromatic rings. The van der Waals surface area contributed by atoms with Crippen LogP contribution in [-0.4, -0.2) is 17.0 Å². The van der Waals surface area contributed by atoms with Gasteiger partial charge in [0.2, 0.25) is 0 Å². The van der Waals surface area contributed by atoms with Crippen LogP contribution in [0.5, 0.6) is 0 Å². The number of benzene rings is 2. The van der Waals surface area contributed by atoms with E-state index in [1.165, 1.54) is 23.3 Å². The predicted molar refractivity (Wildman–Crippen MR) is 103 cm³/mol. The largest absolute Gasteiger partial charge is 0.478 e. The second kappa shape index (κ2) is 6.27. The lowest BCUT2D eigenvalue weighted by molar-refractivity contribution is 0.0696. The number of nitrogens with one attached hydrogen (secondary N) is 1. The minimum absolute atomic E-state index is 0.0120. The molecule has 1 amide bonds. The lowest BCUT2D eigenvalue weighted by atomic mass is 9.62. The number of aromatic carboxylic acids is 1. The number of hydrogen-bond donors (Lipinski definition) is 2. The lowest BCUT2D eigenvalue weighted by Gasteiger charge is -2.42. The molecule has 0 saturated carbocycles. The first-order chi connectivity index (χ1) is 12.1. The van der Waals surface area contributed by atoms with Crippen molar-refractivity contribution in [2.75, 3.05) is 5.32 Å². The molecule has 0 fully saturated rings. The van der Waals surface area contributed by atoms with E-state index in [2.05, 4.69) is 39.1 Å². The molecule has 136 valence electrons. The van der Waals surface area contributed by atoms with Crippen LogP contribution >= 0.6 is 0 Å². The van der Waals surface area contributed by atoms with Crippen LogP contribution in [0.4, 0.5) is 5.69 Å². The molecule has 0 spiro atoms. The molecule has 4 heteroatoms. The van der Waals surface area contributed by atoms with E-state index in [0.717, 1.165) is 18.5 Å². The highest BCUT2D eigenvalue weighted by Gasteiger charge is 2.38. The summed E-state index contributed by atoms with van der Waals surface area (Å²) in [5.74, 6) is -1.23. The molecule has 1 aliphatic rings. The second-order valence-electron chi connectivity index (χ2n) is 8.33. The monoisotopic (exact) mass is 351 g/mol. The molecule has 26 heavy (non-hydrogen) atoms. The average Bonchev–Trinajstić information content (AvgIpc) is 2.59. The number of hydrogen-bond acceptors (Lipinski definition) is 2. The Balaban J connectivity index is 1.96. The highest BCUT2D eigenvalue weighted by molar-refractivity contribution is 6.05. The molecule has 3 rings (SSSR count). The zero-order chi connectivity index (χ0) is 19.1. The van der Waals surface area contributed by atoms with Crippen molar-refractivity contribution in [2.45, 2.75) is 51.4 Å². The smallest absolute Gasteiger partial charge is 0.335 e. The summed E-state index contributed by atoms with van der Waals surface area (Å²) in [6, 6.07) is 12.1. The Morgan fingerprint density at radius 1 is 0.885 bits per heavy atom. The Hall–Kier alpha value is -2.62. The first kappa shape index (κ1) is 18.2. The minimum Gasteiger partial charge on any atom is -0.478 e. The summed E-state index contributed by atoms with van der Waals surface area (Å²) in [6.07, 6.45) is 2.17. The van der Waals surface area contributed by atoms with Gasteiger partial charge in [-0.05, 0) is 65.1 Å². The molecular weight excluding hydrogens is 326 g/mol. The number of rotatable bonds is 3. The van der Waals surface area contributed by atoms with Crippen molar-refractivity contribution in [3.8, 4) is 0 Å². The van der Waals surface area contributed by atoms with E-state index >= 15 is 0 Å². The number of carboxylic acids is 1. The van der Waals surface area contributed by atoms with E-state index in [4.69, 9.17) is 5.11 Å². The van der Waals surface area contributed by atoms with Gasteiger partial charge in [-0.2, -0.15) is 0 Å². The standard InChI is InChI=1S/C22H25NO3/c1-21(2)12-13-22(3,4)18-16(21)6-5-7-17(18)23-19(24)14-8-10-15(11-9-14)20(25)26/h5-11H,12-13H2,1-4H3,(H,23,24)(H,25,26). The molecule has 2 N–H and O–H groups in total. The van der Waals surface area contributed by atoms with Crippen LogP contribution in [0.15, 0.2) is 42.5 Å². The Bertz CT molecular complexity index is 863. The Morgan fingerprint density at radius 2 is 1.46 bits per heavy atom. The normalized spacial score (nSPS) is 17.2. The van der Waals surface area contributed by atoms with Gasteiger partial charge >= 0.3 is 5.97 Å². The highest BCUT2D eigenvalue weighted by atomic mass is 16.4. The SMILES string of the molecule is CC1(C)CCC(C)(C)c2c(NC(=O)c3ccc(C(=O)O)cc3)cccc21. The molecule has 4 nitrogen and oxygen atoms in total. The molecule has 0 saturated heterocycles. The number of anilines is 1. The molecule has 2 aromatic carbocycles. The molecule has 0 aliphatic heterocycles. The molecule has 0 bridgehead atoms. The van der Waals surface area contributed by atoms with Gasteiger partial charge in [0.05, 0.1) is 5.56 Å². The van der Waals surface area contributed by atoms with Crippen molar-refractivity contribution in [3.63, 3.8) is 0 Å². The molecule has 0 unspecified atom stereocenters. The Labute approximate surface area is 154 Å². The van der Waals surface area contributed by atoms with Gasteiger partial charge in [-0.15, -0.1) is 0 Å². The average molecular weight is 351 g/mol.